The Labute approximate surface area is 168 Å². The topological polar surface area (TPSA) is 76.0 Å². The minimum absolute atomic E-state index is 0.147. The monoisotopic (exact) mass is 396 g/mol. The van der Waals surface area contributed by atoms with Crippen LogP contribution in [0.1, 0.15) is 38.6 Å². The van der Waals surface area contributed by atoms with E-state index in [2.05, 4.69) is 34.7 Å². The van der Waals surface area contributed by atoms with E-state index in [1.54, 1.807) is 53.7 Å². The SMILES string of the molecule is Cc1ccc(CCNC(=O)c2ccc(C)c(NC(=O)C(C)n3ccnc3)c2)s1. The van der Waals surface area contributed by atoms with Gasteiger partial charge in [0.25, 0.3) is 5.91 Å². The first-order valence-electron chi connectivity index (χ1n) is 9.16. The minimum atomic E-state index is -0.395. The van der Waals surface area contributed by atoms with E-state index in [0.29, 0.717) is 17.8 Å². The molecule has 0 spiro atoms. The van der Waals surface area contributed by atoms with E-state index in [4.69, 9.17) is 0 Å². The summed E-state index contributed by atoms with van der Waals surface area (Å²) in [5.41, 5.74) is 2.06. The molecule has 146 valence electrons. The van der Waals surface area contributed by atoms with Crippen molar-refractivity contribution >= 4 is 28.8 Å². The summed E-state index contributed by atoms with van der Waals surface area (Å²) in [6.07, 6.45) is 5.80. The molecule has 3 rings (SSSR count). The molecular weight excluding hydrogens is 372 g/mol. The Bertz CT molecular complexity index is 963. The van der Waals surface area contributed by atoms with Gasteiger partial charge in [-0.05, 0) is 57.0 Å². The standard InChI is InChI=1S/C21H24N4O2S/c1-14-4-6-17(21(27)23-9-8-18-7-5-15(2)28-18)12-19(14)24-20(26)16(3)25-11-10-22-13-25/h4-7,10-13,16H,8-9H2,1-3H3,(H,23,27)(H,24,26). The molecule has 2 aromatic heterocycles. The van der Waals surface area contributed by atoms with Gasteiger partial charge in [-0.2, -0.15) is 0 Å². The highest BCUT2D eigenvalue weighted by atomic mass is 32.1. The van der Waals surface area contributed by atoms with E-state index in [-0.39, 0.29) is 11.8 Å². The minimum Gasteiger partial charge on any atom is -0.352 e. The van der Waals surface area contributed by atoms with Crippen molar-refractivity contribution in [1.82, 2.24) is 14.9 Å². The van der Waals surface area contributed by atoms with Crippen LogP contribution in [0.4, 0.5) is 5.69 Å². The second-order valence-corrected chi connectivity index (χ2v) is 8.10. The number of imidazole rings is 1. The van der Waals surface area contributed by atoms with E-state index in [1.165, 1.54) is 9.75 Å². The lowest BCUT2D eigenvalue weighted by molar-refractivity contribution is -0.118. The molecule has 28 heavy (non-hydrogen) atoms. The van der Waals surface area contributed by atoms with Gasteiger partial charge in [-0.3, -0.25) is 9.59 Å². The van der Waals surface area contributed by atoms with Gasteiger partial charge in [-0.1, -0.05) is 6.07 Å². The van der Waals surface area contributed by atoms with Crippen LogP contribution in [0.3, 0.4) is 0 Å². The number of benzene rings is 1. The number of thiophene rings is 1. The second kappa shape index (κ2) is 8.84. The number of aromatic nitrogens is 2. The third-order valence-corrected chi connectivity index (χ3v) is 5.62. The summed E-state index contributed by atoms with van der Waals surface area (Å²) < 4.78 is 1.73. The van der Waals surface area contributed by atoms with Crippen LogP contribution in [0.15, 0.2) is 49.1 Å². The number of carbonyl (C=O) groups is 2. The molecule has 0 aliphatic heterocycles. The van der Waals surface area contributed by atoms with Crippen LogP contribution in [-0.2, 0) is 11.2 Å². The van der Waals surface area contributed by atoms with E-state index in [9.17, 15) is 9.59 Å². The summed E-state index contributed by atoms with van der Waals surface area (Å²) in [6.45, 7) is 6.35. The molecule has 7 heteroatoms. The summed E-state index contributed by atoms with van der Waals surface area (Å²) in [6, 6.07) is 9.12. The fourth-order valence-corrected chi connectivity index (χ4v) is 3.68. The van der Waals surface area contributed by atoms with E-state index < -0.39 is 6.04 Å². The van der Waals surface area contributed by atoms with Crippen LogP contribution in [0.25, 0.3) is 0 Å². The number of nitrogens with zero attached hydrogens (tertiary/aromatic N) is 2. The molecule has 0 bridgehead atoms. The van der Waals surface area contributed by atoms with E-state index in [1.807, 2.05) is 13.0 Å². The Kier molecular flexibility index (Phi) is 6.26. The van der Waals surface area contributed by atoms with Gasteiger partial charge in [0.2, 0.25) is 5.91 Å². The number of nitrogens with one attached hydrogen (secondary N) is 2. The van der Waals surface area contributed by atoms with Crippen molar-refractivity contribution in [2.24, 2.45) is 0 Å². The highest BCUT2D eigenvalue weighted by Crippen LogP contribution is 2.19. The number of hydrogen-bond donors (Lipinski definition) is 2. The lowest BCUT2D eigenvalue weighted by Gasteiger charge is -2.15. The van der Waals surface area contributed by atoms with Crippen molar-refractivity contribution < 1.29 is 9.59 Å². The molecule has 3 aromatic rings. The Morgan fingerprint density at radius 2 is 2.04 bits per heavy atom. The van der Waals surface area contributed by atoms with Gasteiger partial charge in [0.15, 0.2) is 0 Å². The van der Waals surface area contributed by atoms with Crippen LogP contribution in [0.2, 0.25) is 0 Å². The molecule has 0 fully saturated rings. The number of rotatable bonds is 7. The molecule has 2 amide bonds. The maximum absolute atomic E-state index is 12.5. The molecule has 0 aliphatic carbocycles. The van der Waals surface area contributed by atoms with Crippen LogP contribution in [0, 0.1) is 13.8 Å². The maximum atomic E-state index is 12.5. The predicted molar refractivity (Wildman–Crippen MR) is 112 cm³/mol. The molecule has 0 saturated carbocycles. The largest absolute Gasteiger partial charge is 0.352 e. The van der Waals surface area contributed by atoms with Gasteiger partial charge in [0.05, 0.1) is 6.33 Å². The van der Waals surface area contributed by atoms with Crippen molar-refractivity contribution in [3.8, 4) is 0 Å². The molecule has 0 aliphatic rings. The molecule has 1 aromatic carbocycles. The summed E-state index contributed by atoms with van der Waals surface area (Å²) in [4.78, 5) is 31.5. The lowest BCUT2D eigenvalue weighted by atomic mass is 10.1. The third kappa shape index (κ3) is 4.86. The predicted octanol–water partition coefficient (Wildman–Crippen LogP) is 3.73. The average molecular weight is 397 g/mol. The summed E-state index contributed by atoms with van der Waals surface area (Å²) in [5, 5.41) is 5.86. The van der Waals surface area contributed by atoms with Gasteiger partial charge in [-0.25, -0.2) is 4.98 Å². The highest BCUT2D eigenvalue weighted by molar-refractivity contribution is 7.11. The Balaban J connectivity index is 1.61. The zero-order valence-electron chi connectivity index (χ0n) is 16.2. The summed E-state index contributed by atoms with van der Waals surface area (Å²) in [7, 11) is 0. The Morgan fingerprint density at radius 1 is 1.21 bits per heavy atom. The smallest absolute Gasteiger partial charge is 0.251 e. The molecule has 1 unspecified atom stereocenters. The van der Waals surface area contributed by atoms with Crippen LogP contribution >= 0.6 is 11.3 Å². The van der Waals surface area contributed by atoms with Crippen molar-refractivity contribution in [3.05, 3.63) is 69.9 Å². The normalized spacial score (nSPS) is 11.8. The van der Waals surface area contributed by atoms with Gasteiger partial charge in [0, 0.05) is 39.9 Å². The zero-order chi connectivity index (χ0) is 20.1. The van der Waals surface area contributed by atoms with Gasteiger partial charge in [-0.15, -0.1) is 11.3 Å². The van der Waals surface area contributed by atoms with E-state index in [0.717, 1.165) is 12.0 Å². The number of aryl methyl sites for hydroxylation is 2. The summed E-state index contributed by atoms with van der Waals surface area (Å²) in [5.74, 6) is -0.307. The fourth-order valence-electron chi connectivity index (χ4n) is 2.79. The van der Waals surface area contributed by atoms with Crippen LogP contribution < -0.4 is 10.6 Å². The number of anilines is 1. The van der Waals surface area contributed by atoms with Crippen molar-refractivity contribution in [1.29, 1.82) is 0 Å². The van der Waals surface area contributed by atoms with Crippen LogP contribution in [0.5, 0.6) is 0 Å². The number of amides is 2. The quantitative estimate of drug-likeness (QED) is 0.639. The summed E-state index contributed by atoms with van der Waals surface area (Å²) >= 11 is 1.74. The number of carbonyl (C=O) groups excluding carboxylic acids is 2. The van der Waals surface area contributed by atoms with Crippen molar-refractivity contribution in [3.63, 3.8) is 0 Å². The second-order valence-electron chi connectivity index (χ2n) is 6.72. The number of hydrogen-bond acceptors (Lipinski definition) is 4. The third-order valence-electron chi connectivity index (χ3n) is 4.56. The maximum Gasteiger partial charge on any atom is 0.251 e. The first kappa shape index (κ1) is 19.8. The lowest BCUT2D eigenvalue weighted by Crippen LogP contribution is -2.26. The first-order chi connectivity index (χ1) is 13.4. The fraction of sp³-hybridized carbons (Fsp3) is 0.286. The van der Waals surface area contributed by atoms with Crippen molar-refractivity contribution in [2.75, 3.05) is 11.9 Å². The van der Waals surface area contributed by atoms with Gasteiger partial charge in [0.1, 0.15) is 6.04 Å². The molecule has 0 radical (unpaired) electrons. The average Bonchev–Trinajstić information content (AvgIpc) is 3.34. The van der Waals surface area contributed by atoms with Gasteiger partial charge < -0.3 is 15.2 Å². The Hall–Kier alpha value is -2.93. The van der Waals surface area contributed by atoms with Crippen LogP contribution in [-0.4, -0.2) is 27.9 Å². The van der Waals surface area contributed by atoms with E-state index >= 15 is 0 Å². The molecular formula is C21H24N4O2S. The van der Waals surface area contributed by atoms with Gasteiger partial charge >= 0.3 is 0 Å². The Morgan fingerprint density at radius 3 is 2.71 bits per heavy atom. The highest BCUT2D eigenvalue weighted by Gasteiger charge is 2.16. The first-order valence-corrected chi connectivity index (χ1v) is 9.98. The van der Waals surface area contributed by atoms with Crippen molar-refractivity contribution in [2.45, 2.75) is 33.2 Å². The molecule has 0 saturated heterocycles. The molecule has 6 nitrogen and oxygen atoms in total. The molecule has 2 N–H and O–H groups in total. The zero-order valence-corrected chi connectivity index (χ0v) is 17.0. The molecule has 2 heterocycles. The molecule has 1 atom stereocenters.